The standard InChI is InChI=1S/C19H26N2O3.ClH/c1-13(2)11-23-16-7-5-15(6-8-16)19(3,4)21-18(22)14-9-17(10-20)24-12-14;/h5-9,12-13H,10-11,20H2,1-4H3,(H,21,22);1H. The highest BCUT2D eigenvalue weighted by atomic mass is 35.5. The Morgan fingerprint density at radius 2 is 1.92 bits per heavy atom. The normalized spacial score (nSPS) is 11.1. The quantitative estimate of drug-likeness (QED) is 0.780. The molecule has 0 bridgehead atoms. The van der Waals surface area contributed by atoms with Gasteiger partial charge in [-0.05, 0) is 43.5 Å². The molecule has 0 aliphatic carbocycles. The van der Waals surface area contributed by atoms with Gasteiger partial charge in [-0.3, -0.25) is 4.79 Å². The second-order valence-electron chi connectivity index (χ2n) is 6.81. The Bertz CT molecular complexity index is 678. The molecule has 6 heteroatoms. The Balaban J connectivity index is 0.00000312. The minimum atomic E-state index is -0.520. The van der Waals surface area contributed by atoms with Crippen LogP contribution < -0.4 is 15.8 Å². The predicted molar refractivity (Wildman–Crippen MR) is 101 cm³/mol. The molecule has 1 aromatic heterocycles. The number of carbonyl (C=O) groups is 1. The first-order valence-electron chi connectivity index (χ1n) is 8.15. The van der Waals surface area contributed by atoms with Crippen LogP contribution in [0.5, 0.6) is 5.75 Å². The highest BCUT2D eigenvalue weighted by Crippen LogP contribution is 2.24. The minimum absolute atomic E-state index is 0. The lowest BCUT2D eigenvalue weighted by molar-refractivity contribution is 0.0911. The number of hydrogen-bond acceptors (Lipinski definition) is 4. The molecule has 1 amide bonds. The van der Waals surface area contributed by atoms with E-state index >= 15 is 0 Å². The SMILES string of the molecule is CC(C)COc1ccc(C(C)(C)NC(=O)c2coc(CN)c2)cc1.Cl. The third kappa shape index (κ3) is 5.80. The summed E-state index contributed by atoms with van der Waals surface area (Å²) in [6, 6.07) is 9.45. The molecular formula is C19H27ClN2O3. The second kappa shape index (κ2) is 8.92. The first-order chi connectivity index (χ1) is 11.3. The van der Waals surface area contributed by atoms with Gasteiger partial charge in [0.15, 0.2) is 0 Å². The zero-order valence-corrected chi connectivity index (χ0v) is 16.0. The number of nitrogens with two attached hydrogens (primary N) is 1. The largest absolute Gasteiger partial charge is 0.493 e. The van der Waals surface area contributed by atoms with Gasteiger partial charge >= 0.3 is 0 Å². The predicted octanol–water partition coefficient (Wildman–Crippen LogP) is 3.86. The van der Waals surface area contributed by atoms with Crippen molar-refractivity contribution in [1.82, 2.24) is 5.32 Å². The van der Waals surface area contributed by atoms with Gasteiger partial charge < -0.3 is 20.2 Å². The summed E-state index contributed by atoms with van der Waals surface area (Å²) >= 11 is 0. The lowest BCUT2D eigenvalue weighted by Crippen LogP contribution is -2.40. The number of carbonyl (C=O) groups excluding carboxylic acids is 1. The van der Waals surface area contributed by atoms with Crippen LogP contribution in [-0.2, 0) is 12.1 Å². The highest BCUT2D eigenvalue weighted by Gasteiger charge is 2.24. The molecule has 0 unspecified atom stereocenters. The van der Waals surface area contributed by atoms with Crippen molar-refractivity contribution in [3.63, 3.8) is 0 Å². The summed E-state index contributed by atoms with van der Waals surface area (Å²) in [6.07, 6.45) is 1.43. The van der Waals surface area contributed by atoms with E-state index in [0.717, 1.165) is 11.3 Å². The van der Waals surface area contributed by atoms with E-state index in [4.69, 9.17) is 14.9 Å². The molecule has 0 saturated carbocycles. The van der Waals surface area contributed by atoms with Crippen LogP contribution in [0.25, 0.3) is 0 Å². The monoisotopic (exact) mass is 366 g/mol. The van der Waals surface area contributed by atoms with E-state index in [1.807, 2.05) is 38.1 Å². The Labute approximate surface area is 155 Å². The molecule has 0 fully saturated rings. The third-order valence-corrected chi connectivity index (χ3v) is 3.70. The van der Waals surface area contributed by atoms with Crippen molar-refractivity contribution >= 4 is 18.3 Å². The summed E-state index contributed by atoms with van der Waals surface area (Å²) in [4.78, 5) is 12.4. The summed E-state index contributed by atoms with van der Waals surface area (Å²) in [6.45, 7) is 9.09. The number of amides is 1. The number of benzene rings is 1. The van der Waals surface area contributed by atoms with Crippen LogP contribution in [0.1, 0.15) is 49.4 Å². The van der Waals surface area contributed by atoms with Gasteiger partial charge in [-0.2, -0.15) is 0 Å². The van der Waals surface area contributed by atoms with Crippen LogP contribution in [-0.4, -0.2) is 12.5 Å². The lowest BCUT2D eigenvalue weighted by atomic mass is 9.94. The van der Waals surface area contributed by atoms with Crippen LogP contribution in [0.15, 0.2) is 41.0 Å². The van der Waals surface area contributed by atoms with Gasteiger partial charge in [0.25, 0.3) is 5.91 Å². The van der Waals surface area contributed by atoms with Gasteiger partial charge in [0.05, 0.1) is 24.3 Å². The maximum Gasteiger partial charge on any atom is 0.255 e. The number of hydrogen-bond donors (Lipinski definition) is 2. The Kier molecular flexibility index (Phi) is 7.52. The smallest absolute Gasteiger partial charge is 0.255 e. The second-order valence-corrected chi connectivity index (χ2v) is 6.81. The van der Waals surface area contributed by atoms with E-state index in [1.54, 1.807) is 6.07 Å². The number of rotatable bonds is 7. The Morgan fingerprint density at radius 3 is 2.44 bits per heavy atom. The van der Waals surface area contributed by atoms with E-state index in [0.29, 0.717) is 23.8 Å². The van der Waals surface area contributed by atoms with Crippen LogP contribution in [0.3, 0.4) is 0 Å². The fraction of sp³-hybridized carbons (Fsp3) is 0.421. The zero-order valence-electron chi connectivity index (χ0n) is 15.2. The van der Waals surface area contributed by atoms with Gasteiger partial charge in [0.1, 0.15) is 17.8 Å². The minimum Gasteiger partial charge on any atom is -0.493 e. The van der Waals surface area contributed by atoms with Crippen LogP contribution >= 0.6 is 12.4 Å². The molecule has 0 aliphatic heterocycles. The molecule has 0 saturated heterocycles. The van der Waals surface area contributed by atoms with E-state index in [2.05, 4.69) is 19.2 Å². The maximum absolute atomic E-state index is 12.4. The molecule has 0 atom stereocenters. The van der Waals surface area contributed by atoms with Gasteiger partial charge in [0, 0.05) is 0 Å². The van der Waals surface area contributed by atoms with Crippen molar-refractivity contribution in [3.05, 3.63) is 53.5 Å². The van der Waals surface area contributed by atoms with E-state index in [1.165, 1.54) is 6.26 Å². The van der Waals surface area contributed by atoms with Crippen molar-refractivity contribution in [2.75, 3.05) is 6.61 Å². The molecule has 0 spiro atoms. The average Bonchev–Trinajstić information content (AvgIpc) is 3.02. The number of furan rings is 1. The van der Waals surface area contributed by atoms with E-state index in [-0.39, 0.29) is 24.9 Å². The summed E-state index contributed by atoms with van der Waals surface area (Å²) in [7, 11) is 0. The summed E-state index contributed by atoms with van der Waals surface area (Å²) in [5, 5.41) is 3.02. The summed E-state index contributed by atoms with van der Waals surface area (Å²) in [5.74, 6) is 1.71. The van der Waals surface area contributed by atoms with Gasteiger partial charge in [0.2, 0.25) is 0 Å². The Morgan fingerprint density at radius 1 is 1.28 bits per heavy atom. The first-order valence-corrected chi connectivity index (χ1v) is 8.15. The molecule has 3 N–H and O–H groups in total. The first kappa shape index (κ1) is 21.1. The summed E-state index contributed by atoms with van der Waals surface area (Å²) < 4.78 is 10.9. The number of halogens is 1. The van der Waals surface area contributed by atoms with Crippen LogP contribution in [0.2, 0.25) is 0 Å². The van der Waals surface area contributed by atoms with E-state index in [9.17, 15) is 4.79 Å². The molecule has 25 heavy (non-hydrogen) atoms. The highest BCUT2D eigenvalue weighted by molar-refractivity contribution is 5.94. The topological polar surface area (TPSA) is 77.5 Å². The molecule has 2 rings (SSSR count). The van der Waals surface area contributed by atoms with Crippen molar-refractivity contribution in [2.45, 2.75) is 39.8 Å². The van der Waals surface area contributed by atoms with Crippen molar-refractivity contribution < 1.29 is 13.9 Å². The third-order valence-electron chi connectivity index (χ3n) is 3.70. The maximum atomic E-state index is 12.4. The van der Waals surface area contributed by atoms with Crippen LogP contribution in [0.4, 0.5) is 0 Å². The lowest BCUT2D eigenvalue weighted by Gasteiger charge is -2.27. The Hall–Kier alpha value is -1.98. The zero-order chi connectivity index (χ0) is 17.7. The fourth-order valence-corrected chi connectivity index (χ4v) is 2.27. The number of ether oxygens (including phenoxy) is 1. The van der Waals surface area contributed by atoms with Crippen molar-refractivity contribution in [2.24, 2.45) is 11.7 Å². The van der Waals surface area contributed by atoms with Crippen molar-refractivity contribution in [1.29, 1.82) is 0 Å². The molecule has 0 aliphatic rings. The number of nitrogens with one attached hydrogen (secondary N) is 1. The molecule has 5 nitrogen and oxygen atoms in total. The summed E-state index contributed by atoms with van der Waals surface area (Å²) in [5.41, 5.74) is 6.45. The van der Waals surface area contributed by atoms with Gasteiger partial charge in [-0.1, -0.05) is 26.0 Å². The molecular weight excluding hydrogens is 340 g/mol. The van der Waals surface area contributed by atoms with Gasteiger partial charge in [-0.25, -0.2) is 0 Å². The fourth-order valence-electron chi connectivity index (χ4n) is 2.27. The van der Waals surface area contributed by atoms with E-state index < -0.39 is 5.54 Å². The molecule has 1 heterocycles. The average molecular weight is 367 g/mol. The van der Waals surface area contributed by atoms with Gasteiger partial charge in [-0.15, -0.1) is 12.4 Å². The molecule has 138 valence electrons. The molecule has 2 aromatic rings. The molecule has 1 aromatic carbocycles. The van der Waals surface area contributed by atoms with Crippen molar-refractivity contribution in [3.8, 4) is 5.75 Å². The molecule has 0 radical (unpaired) electrons. The van der Waals surface area contributed by atoms with Crippen LogP contribution in [0, 0.1) is 5.92 Å².